The van der Waals surface area contributed by atoms with Gasteiger partial charge in [0, 0.05) is 52.6 Å². The van der Waals surface area contributed by atoms with Gasteiger partial charge in [-0.1, -0.05) is 24.3 Å². The molecule has 34 heavy (non-hydrogen) atoms. The van der Waals surface area contributed by atoms with E-state index in [1.807, 2.05) is 30.9 Å². The van der Waals surface area contributed by atoms with Crippen LogP contribution in [0.15, 0.2) is 48.5 Å². The van der Waals surface area contributed by atoms with Crippen molar-refractivity contribution >= 4 is 11.4 Å². The number of rotatable bonds is 7. The molecule has 0 spiro atoms. The minimum atomic E-state index is -0.174. The summed E-state index contributed by atoms with van der Waals surface area (Å²) in [6.45, 7) is 4.49. The number of ether oxygens (including phenoxy) is 1. The summed E-state index contributed by atoms with van der Waals surface area (Å²) in [5.74, 6) is 0.653. The molecule has 0 radical (unpaired) electrons. The van der Waals surface area contributed by atoms with E-state index < -0.39 is 0 Å². The van der Waals surface area contributed by atoms with Crippen molar-refractivity contribution in [1.29, 1.82) is 0 Å². The summed E-state index contributed by atoms with van der Waals surface area (Å²) >= 11 is 0. The topological polar surface area (TPSA) is 62.6 Å². The van der Waals surface area contributed by atoms with Crippen molar-refractivity contribution in [3.8, 4) is 0 Å². The number of piperazine rings is 1. The molecule has 8 nitrogen and oxygen atoms in total. The maximum Gasteiger partial charge on any atom is 0.173 e. The molecular formula is C25H32FN7O. The first-order valence-corrected chi connectivity index (χ1v) is 12.0. The summed E-state index contributed by atoms with van der Waals surface area (Å²) in [6.07, 6.45) is 2.26. The quantitative estimate of drug-likeness (QED) is 0.532. The number of nitrogens with zero attached hydrogens (tertiary/aromatic N) is 7. The third-order valence-electron chi connectivity index (χ3n) is 6.80. The Morgan fingerprint density at radius 2 is 1.82 bits per heavy atom. The molecule has 9 heteroatoms. The zero-order valence-corrected chi connectivity index (χ0v) is 19.8. The van der Waals surface area contributed by atoms with E-state index in [9.17, 15) is 4.39 Å². The van der Waals surface area contributed by atoms with Crippen molar-refractivity contribution in [1.82, 2.24) is 25.1 Å². The largest absolute Gasteiger partial charge is 0.378 e. The molecule has 2 saturated heterocycles. The first-order chi connectivity index (χ1) is 16.6. The Morgan fingerprint density at radius 1 is 1.06 bits per heavy atom. The Kier molecular flexibility index (Phi) is 6.73. The fourth-order valence-electron chi connectivity index (χ4n) is 4.93. The summed E-state index contributed by atoms with van der Waals surface area (Å²) in [7, 11) is 4.08. The zero-order chi connectivity index (χ0) is 23.5. The Labute approximate surface area is 199 Å². The molecule has 2 aliphatic heterocycles. The van der Waals surface area contributed by atoms with Crippen LogP contribution < -0.4 is 9.80 Å². The SMILES string of the molecule is CN(C)c1ccc([C@H](c2nnnn2C[C@@H]2CCCO2)N2CCN(c3ccccc3F)CC2)cc1. The Morgan fingerprint density at radius 3 is 2.50 bits per heavy atom. The molecule has 0 saturated carbocycles. The van der Waals surface area contributed by atoms with Crippen molar-refractivity contribution in [2.24, 2.45) is 0 Å². The maximum atomic E-state index is 14.4. The van der Waals surface area contributed by atoms with E-state index in [-0.39, 0.29) is 18.0 Å². The molecule has 2 aromatic carbocycles. The number of anilines is 2. The summed E-state index contributed by atoms with van der Waals surface area (Å²) in [4.78, 5) is 6.61. The highest BCUT2D eigenvalue weighted by Gasteiger charge is 2.32. The van der Waals surface area contributed by atoms with Crippen molar-refractivity contribution in [2.75, 3.05) is 56.7 Å². The van der Waals surface area contributed by atoms with Crippen molar-refractivity contribution in [3.63, 3.8) is 0 Å². The van der Waals surface area contributed by atoms with E-state index in [4.69, 9.17) is 4.74 Å². The molecule has 0 amide bonds. The van der Waals surface area contributed by atoms with E-state index in [0.717, 1.165) is 62.7 Å². The highest BCUT2D eigenvalue weighted by atomic mass is 19.1. The van der Waals surface area contributed by atoms with Gasteiger partial charge in [0.1, 0.15) is 5.82 Å². The number of halogens is 1. The molecule has 2 atom stereocenters. The van der Waals surface area contributed by atoms with E-state index in [2.05, 4.69) is 54.5 Å². The van der Waals surface area contributed by atoms with E-state index in [0.29, 0.717) is 12.2 Å². The highest BCUT2D eigenvalue weighted by molar-refractivity contribution is 5.49. The first-order valence-electron chi connectivity index (χ1n) is 12.0. The van der Waals surface area contributed by atoms with Crippen LogP contribution in [0.5, 0.6) is 0 Å². The average molecular weight is 466 g/mol. The number of hydrogen-bond acceptors (Lipinski definition) is 7. The molecule has 0 N–H and O–H groups in total. The fourth-order valence-corrected chi connectivity index (χ4v) is 4.93. The van der Waals surface area contributed by atoms with Crippen molar-refractivity contribution < 1.29 is 9.13 Å². The lowest BCUT2D eigenvalue weighted by atomic mass is 10.0. The van der Waals surface area contributed by atoms with Crippen LogP contribution in [-0.2, 0) is 11.3 Å². The van der Waals surface area contributed by atoms with Gasteiger partial charge in [-0.3, -0.25) is 4.90 Å². The molecule has 5 rings (SSSR count). The second kappa shape index (κ2) is 10.1. The van der Waals surface area contributed by atoms with E-state index >= 15 is 0 Å². The van der Waals surface area contributed by atoms with Crippen molar-refractivity contribution in [2.45, 2.75) is 31.5 Å². The maximum absolute atomic E-state index is 14.4. The summed E-state index contributed by atoms with van der Waals surface area (Å²) in [5.41, 5.74) is 2.96. The van der Waals surface area contributed by atoms with Gasteiger partial charge in [-0.2, -0.15) is 0 Å². The average Bonchev–Trinajstić information content (AvgIpc) is 3.54. The van der Waals surface area contributed by atoms with E-state index in [1.165, 1.54) is 6.07 Å². The molecule has 180 valence electrons. The lowest BCUT2D eigenvalue weighted by Gasteiger charge is -2.40. The minimum Gasteiger partial charge on any atom is -0.378 e. The molecule has 1 aromatic heterocycles. The van der Waals surface area contributed by atoms with Crippen LogP contribution >= 0.6 is 0 Å². The van der Waals surface area contributed by atoms with Gasteiger partial charge in [-0.05, 0) is 53.1 Å². The highest BCUT2D eigenvalue weighted by Crippen LogP contribution is 2.31. The van der Waals surface area contributed by atoms with Crippen molar-refractivity contribution in [3.05, 3.63) is 65.7 Å². The Balaban J connectivity index is 1.41. The van der Waals surface area contributed by atoms with Gasteiger partial charge >= 0.3 is 0 Å². The molecule has 2 fully saturated rings. The number of benzene rings is 2. The normalized spacial score (nSPS) is 20.0. The predicted molar refractivity (Wildman–Crippen MR) is 130 cm³/mol. The molecule has 3 heterocycles. The fraction of sp³-hybridized carbons (Fsp3) is 0.480. The number of tetrazole rings is 1. The molecule has 0 bridgehead atoms. The molecule has 2 aliphatic rings. The van der Waals surface area contributed by atoms with Crippen LogP contribution in [-0.4, -0.2) is 78.1 Å². The van der Waals surface area contributed by atoms with Gasteiger partial charge in [0.05, 0.1) is 24.4 Å². The second-order valence-corrected chi connectivity index (χ2v) is 9.22. The van der Waals surface area contributed by atoms with Crippen LogP contribution in [0, 0.1) is 5.82 Å². The Hall–Kier alpha value is -3.04. The smallest absolute Gasteiger partial charge is 0.173 e. The predicted octanol–water partition coefficient (Wildman–Crippen LogP) is 2.97. The number of para-hydroxylation sites is 1. The summed E-state index contributed by atoms with van der Waals surface area (Å²) in [6, 6.07) is 15.5. The third kappa shape index (κ3) is 4.76. The molecule has 3 aromatic rings. The van der Waals surface area contributed by atoms with Gasteiger partial charge < -0.3 is 14.5 Å². The second-order valence-electron chi connectivity index (χ2n) is 9.22. The molecule has 0 unspecified atom stereocenters. The van der Waals surface area contributed by atoms with Gasteiger partial charge in [-0.25, -0.2) is 9.07 Å². The number of aromatic nitrogens is 4. The van der Waals surface area contributed by atoms with Gasteiger partial charge in [0.15, 0.2) is 5.82 Å². The first kappa shape index (κ1) is 22.7. The number of hydrogen-bond donors (Lipinski definition) is 0. The van der Waals surface area contributed by atoms with Gasteiger partial charge in [0.2, 0.25) is 0 Å². The Bertz CT molecular complexity index is 1070. The van der Waals surface area contributed by atoms with Crippen LogP contribution in [0.2, 0.25) is 0 Å². The van der Waals surface area contributed by atoms with Crippen LogP contribution in [0.3, 0.4) is 0 Å². The monoisotopic (exact) mass is 465 g/mol. The standard InChI is InChI=1S/C25H32FN7O/c1-30(2)20-11-9-19(10-12-20)24(25-27-28-29-33(25)18-21-6-5-17-34-21)32-15-13-31(14-16-32)23-8-4-3-7-22(23)26/h3-4,7-12,21,24H,5-6,13-18H2,1-2H3/t21-,24+/m0/s1. The van der Waals surface area contributed by atoms with Crippen LogP contribution in [0.4, 0.5) is 15.8 Å². The minimum absolute atomic E-state index is 0.0876. The van der Waals surface area contributed by atoms with Gasteiger partial charge in [0.25, 0.3) is 0 Å². The van der Waals surface area contributed by atoms with Crippen LogP contribution in [0.25, 0.3) is 0 Å². The molecular weight excluding hydrogens is 433 g/mol. The van der Waals surface area contributed by atoms with Gasteiger partial charge in [-0.15, -0.1) is 5.10 Å². The third-order valence-corrected chi connectivity index (χ3v) is 6.80. The summed E-state index contributed by atoms with van der Waals surface area (Å²) in [5, 5.41) is 12.8. The van der Waals surface area contributed by atoms with Crippen LogP contribution in [0.1, 0.15) is 30.3 Å². The lowest BCUT2D eigenvalue weighted by Crippen LogP contribution is -2.48. The zero-order valence-electron chi connectivity index (χ0n) is 19.8. The van der Waals surface area contributed by atoms with E-state index in [1.54, 1.807) is 6.07 Å². The summed E-state index contributed by atoms with van der Waals surface area (Å²) < 4.78 is 22.1. The molecule has 0 aliphatic carbocycles. The lowest BCUT2D eigenvalue weighted by molar-refractivity contribution is 0.0906.